The highest BCUT2D eigenvalue weighted by atomic mass is 16.5. The molecule has 0 amide bonds. The molecular weight excluding hydrogens is 258 g/mol. The van der Waals surface area contributed by atoms with Crippen LogP contribution in [0.1, 0.15) is 36.3 Å². The molecule has 0 saturated heterocycles. The zero-order valence-electron chi connectivity index (χ0n) is 11.6. The van der Waals surface area contributed by atoms with Gasteiger partial charge in [-0.15, -0.1) is 0 Å². The highest BCUT2D eigenvalue weighted by Gasteiger charge is 2.28. The van der Waals surface area contributed by atoms with E-state index in [-0.39, 0.29) is 0 Å². The van der Waals surface area contributed by atoms with Gasteiger partial charge in [0.2, 0.25) is 5.89 Å². The van der Waals surface area contributed by atoms with Crippen LogP contribution in [0.3, 0.4) is 0 Å². The Hall–Kier alpha value is -1.73. The lowest BCUT2D eigenvalue weighted by molar-refractivity contribution is 0.199. The van der Waals surface area contributed by atoms with E-state index in [4.69, 9.17) is 9.26 Å². The fourth-order valence-electron chi connectivity index (χ4n) is 2.01. The van der Waals surface area contributed by atoms with Crippen LogP contribution >= 0.6 is 0 Å². The van der Waals surface area contributed by atoms with Gasteiger partial charge in [0.15, 0.2) is 5.82 Å². The number of imidazole rings is 1. The van der Waals surface area contributed by atoms with Crippen molar-refractivity contribution in [3.63, 3.8) is 0 Å². The van der Waals surface area contributed by atoms with Gasteiger partial charge in [-0.25, -0.2) is 4.98 Å². The van der Waals surface area contributed by atoms with Crippen LogP contribution in [0, 0.1) is 0 Å². The van der Waals surface area contributed by atoms with E-state index in [0.29, 0.717) is 31.5 Å². The Labute approximate surface area is 117 Å². The Morgan fingerprint density at radius 3 is 3.20 bits per heavy atom. The smallest absolute Gasteiger partial charge is 0.246 e. The van der Waals surface area contributed by atoms with Crippen molar-refractivity contribution in [1.82, 2.24) is 25.0 Å². The van der Waals surface area contributed by atoms with E-state index in [0.717, 1.165) is 18.2 Å². The molecule has 7 heteroatoms. The predicted octanol–water partition coefficient (Wildman–Crippen LogP) is 0.928. The maximum Gasteiger partial charge on any atom is 0.246 e. The normalized spacial score (nSPS) is 14.8. The highest BCUT2D eigenvalue weighted by Crippen LogP contribution is 2.38. The molecule has 1 N–H and O–H groups in total. The van der Waals surface area contributed by atoms with Crippen LogP contribution in [0.2, 0.25) is 0 Å². The lowest BCUT2D eigenvalue weighted by Crippen LogP contribution is -2.21. The molecule has 108 valence electrons. The molecule has 2 aromatic rings. The summed E-state index contributed by atoms with van der Waals surface area (Å²) >= 11 is 0. The molecule has 0 radical (unpaired) electrons. The van der Waals surface area contributed by atoms with Crippen molar-refractivity contribution in [2.45, 2.75) is 31.8 Å². The van der Waals surface area contributed by atoms with Crippen molar-refractivity contribution >= 4 is 0 Å². The topological polar surface area (TPSA) is 78.0 Å². The van der Waals surface area contributed by atoms with Crippen molar-refractivity contribution in [1.29, 1.82) is 0 Å². The van der Waals surface area contributed by atoms with Crippen LogP contribution in [0.5, 0.6) is 0 Å². The molecule has 3 rings (SSSR count). The molecule has 2 heterocycles. The summed E-state index contributed by atoms with van der Waals surface area (Å²) in [4.78, 5) is 8.77. The summed E-state index contributed by atoms with van der Waals surface area (Å²) in [6.07, 6.45) is 6.07. The Bertz CT molecular complexity index is 546. The number of hydrogen-bond acceptors (Lipinski definition) is 6. The first-order valence-electron chi connectivity index (χ1n) is 6.89. The maximum atomic E-state index is 5.29. The number of rotatable bonds is 8. The number of aromatic nitrogens is 4. The molecule has 0 atom stereocenters. The van der Waals surface area contributed by atoms with E-state index in [1.165, 1.54) is 12.8 Å². The lowest BCUT2D eigenvalue weighted by Gasteiger charge is -2.06. The van der Waals surface area contributed by atoms with E-state index in [1.807, 2.05) is 10.8 Å². The van der Waals surface area contributed by atoms with E-state index < -0.39 is 0 Å². The van der Waals surface area contributed by atoms with Gasteiger partial charge in [-0.3, -0.25) is 0 Å². The predicted molar refractivity (Wildman–Crippen MR) is 71.2 cm³/mol. The van der Waals surface area contributed by atoms with Crippen LogP contribution in [0.15, 0.2) is 16.9 Å². The van der Waals surface area contributed by atoms with Gasteiger partial charge in [0.05, 0.1) is 13.2 Å². The van der Waals surface area contributed by atoms with E-state index >= 15 is 0 Å². The van der Waals surface area contributed by atoms with E-state index in [1.54, 1.807) is 13.3 Å². The fourth-order valence-corrected chi connectivity index (χ4v) is 2.01. The second-order valence-electron chi connectivity index (χ2n) is 4.96. The monoisotopic (exact) mass is 277 g/mol. The highest BCUT2D eigenvalue weighted by molar-refractivity contribution is 5.04. The summed E-state index contributed by atoms with van der Waals surface area (Å²) in [5.41, 5.74) is 0. The van der Waals surface area contributed by atoms with Gasteiger partial charge in [0, 0.05) is 32.0 Å². The summed E-state index contributed by atoms with van der Waals surface area (Å²) in [7, 11) is 1.69. The van der Waals surface area contributed by atoms with Crippen LogP contribution in [0.25, 0.3) is 0 Å². The molecule has 0 unspecified atom stereocenters. The number of nitrogens with one attached hydrogen (secondary N) is 1. The average molecular weight is 277 g/mol. The molecule has 1 aliphatic carbocycles. The third kappa shape index (κ3) is 3.23. The van der Waals surface area contributed by atoms with E-state index in [2.05, 4.69) is 20.4 Å². The number of nitrogens with zero attached hydrogens (tertiary/aromatic N) is 4. The number of hydrogen-bond donors (Lipinski definition) is 1. The van der Waals surface area contributed by atoms with Crippen molar-refractivity contribution in [3.8, 4) is 0 Å². The quantitative estimate of drug-likeness (QED) is 0.723. The zero-order valence-corrected chi connectivity index (χ0v) is 11.6. The van der Waals surface area contributed by atoms with Crippen molar-refractivity contribution < 1.29 is 9.26 Å². The Kier molecular flexibility index (Phi) is 4.08. The third-order valence-corrected chi connectivity index (χ3v) is 3.30. The fraction of sp³-hybridized carbons (Fsp3) is 0.615. The zero-order chi connectivity index (χ0) is 13.8. The molecule has 0 bridgehead atoms. The first kappa shape index (κ1) is 13.3. The Morgan fingerprint density at radius 2 is 2.40 bits per heavy atom. The molecule has 1 saturated carbocycles. The standard InChI is InChI=1S/C13H19N5O2/c1-19-7-5-14-8-11-15-4-6-18(11)9-12-16-13(17-20-12)10-2-3-10/h4,6,10,14H,2-3,5,7-9H2,1H3. The second kappa shape index (κ2) is 6.15. The van der Waals surface area contributed by atoms with Gasteiger partial charge in [0.25, 0.3) is 0 Å². The van der Waals surface area contributed by atoms with Gasteiger partial charge in [0.1, 0.15) is 12.4 Å². The second-order valence-corrected chi connectivity index (χ2v) is 4.96. The van der Waals surface area contributed by atoms with Crippen LogP contribution in [0.4, 0.5) is 0 Å². The van der Waals surface area contributed by atoms with Gasteiger partial charge >= 0.3 is 0 Å². The summed E-state index contributed by atoms with van der Waals surface area (Å²) in [6, 6.07) is 0. The maximum absolute atomic E-state index is 5.29. The SMILES string of the molecule is COCCNCc1nccn1Cc1nc(C2CC2)no1. The van der Waals surface area contributed by atoms with Gasteiger partial charge in [-0.1, -0.05) is 5.16 Å². The number of methoxy groups -OCH3 is 1. The van der Waals surface area contributed by atoms with E-state index in [9.17, 15) is 0 Å². The van der Waals surface area contributed by atoms with Crippen molar-refractivity contribution in [3.05, 3.63) is 29.9 Å². The molecule has 1 aliphatic rings. The summed E-state index contributed by atoms with van der Waals surface area (Å²) < 4.78 is 12.3. The van der Waals surface area contributed by atoms with Gasteiger partial charge in [-0.2, -0.15) is 4.98 Å². The minimum absolute atomic E-state index is 0.519. The van der Waals surface area contributed by atoms with Crippen LogP contribution < -0.4 is 5.32 Å². The average Bonchev–Trinajstić information content (AvgIpc) is 3.05. The molecule has 0 aromatic carbocycles. The molecule has 0 aliphatic heterocycles. The summed E-state index contributed by atoms with van der Waals surface area (Å²) in [5, 5.41) is 7.30. The molecule has 7 nitrogen and oxygen atoms in total. The largest absolute Gasteiger partial charge is 0.383 e. The first-order valence-corrected chi connectivity index (χ1v) is 6.89. The number of ether oxygens (including phenoxy) is 1. The van der Waals surface area contributed by atoms with Gasteiger partial charge in [-0.05, 0) is 12.8 Å². The van der Waals surface area contributed by atoms with Crippen LogP contribution in [-0.2, 0) is 17.8 Å². The Morgan fingerprint density at radius 1 is 1.50 bits per heavy atom. The van der Waals surface area contributed by atoms with Gasteiger partial charge < -0.3 is 19.1 Å². The minimum Gasteiger partial charge on any atom is -0.383 e. The molecular formula is C13H19N5O2. The first-order chi connectivity index (χ1) is 9.86. The molecule has 2 aromatic heterocycles. The Balaban J connectivity index is 1.57. The van der Waals surface area contributed by atoms with Crippen molar-refractivity contribution in [2.75, 3.05) is 20.3 Å². The lowest BCUT2D eigenvalue weighted by atomic mass is 10.4. The summed E-state index contributed by atoms with van der Waals surface area (Å²) in [6.45, 7) is 2.76. The third-order valence-electron chi connectivity index (χ3n) is 3.30. The molecule has 1 fully saturated rings. The molecule has 20 heavy (non-hydrogen) atoms. The minimum atomic E-state index is 0.519. The molecule has 0 spiro atoms. The summed E-state index contributed by atoms with van der Waals surface area (Å²) in [5.74, 6) is 2.96. The van der Waals surface area contributed by atoms with Crippen molar-refractivity contribution in [2.24, 2.45) is 0 Å². The van der Waals surface area contributed by atoms with Crippen LogP contribution in [-0.4, -0.2) is 40.0 Å².